The molecule has 12 rings (SSSR count). The van der Waals surface area contributed by atoms with Gasteiger partial charge in [-0.05, 0) is 214 Å². The van der Waals surface area contributed by atoms with E-state index in [1.54, 1.807) is 71.5 Å². The Morgan fingerprint density at radius 2 is 0.992 bits per heavy atom. The zero-order chi connectivity index (χ0) is 90.9. The van der Waals surface area contributed by atoms with Gasteiger partial charge in [-0.15, -0.1) is 0 Å². The number of anilines is 2. The molecule has 0 bridgehead atoms. The monoisotopic (exact) mass is 1870 g/mol. The van der Waals surface area contributed by atoms with Crippen LogP contribution in [0.4, 0.5) is 11.6 Å². The van der Waals surface area contributed by atoms with Crippen molar-refractivity contribution in [2.24, 2.45) is 33.5 Å². The topological polar surface area (TPSA) is 259 Å². The number of benzene rings is 2. The molecule has 0 spiro atoms. The molecule has 2 aromatic carbocycles. The summed E-state index contributed by atoms with van der Waals surface area (Å²) in [5.41, 5.74) is 1.61. The number of halogens is 2. The number of carbonyl (C=O) groups excluding carboxylic acids is 2. The highest BCUT2D eigenvalue weighted by molar-refractivity contribution is 9.10. The van der Waals surface area contributed by atoms with Crippen molar-refractivity contribution in [3.63, 3.8) is 0 Å². The van der Waals surface area contributed by atoms with E-state index in [1.807, 2.05) is 35.5 Å². The van der Waals surface area contributed by atoms with Gasteiger partial charge in [0.1, 0.15) is 52.9 Å². The van der Waals surface area contributed by atoms with Crippen LogP contribution in [0.15, 0.2) is 155 Å². The van der Waals surface area contributed by atoms with Gasteiger partial charge in [0.2, 0.25) is 0 Å². The summed E-state index contributed by atoms with van der Waals surface area (Å²) in [4.78, 5) is 40.0. The number of nitrogens with zero attached hydrogens (tertiary/aromatic N) is 11. The van der Waals surface area contributed by atoms with Crippen LogP contribution in [-0.4, -0.2) is 147 Å². The summed E-state index contributed by atoms with van der Waals surface area (Å²) in [6, 6.07) is 35.8. The number of amides is 2. The van der Waals surface area contributed by atoms with Gasteiger partial charge in [0.05, 0.1) is 20.9 Å². The van der Waals surface area contributed by atoms with E-state index in [2.05, 4.69) is 260 Å². The maximum atomic E-state index is 13.5. The molecular formula is C92H148BrClN14O8S2Si4. The first kappa shape index (κ1) is 103. The van der Waals surface area contributed by atoms with Gasteiger partial charge in [0.15, 0.2) is 13.2 Å². The maximum Gasteiger partial charge on any atom is 0.268 e. The third kappa shape index (κ3) is 32.5. The minimum atomic E-state index is -4.04. The van der Waals surface area contributed by atoms with Gasteiger partial charge in [0, 0.05) is 84.3 Å². The van der Waals surface area contributed by atoms with Crippen LogP contribution in [0.1, 0.15) is 235 Å². The smallest absolute Gasteiger partial charge is 0.268 e. The van der Waals surface area contributed by atoms with E-state index in [1.165, 1.54) is 98.0 Å². The molecule has 4 aliphatic heterocycles. The number of hydrogen-bond donors (Lipinski definition) is 3. The van der Waals surface area contributed by atoms with Crippen LogP contribution in [-0.2, 0) is 29.5 Å². The second-order valence-corrected chi connectivity index (χ2v) is 68.1. The van der Waals surface area contributed by atoms with Gasteiger partial charge in [-0.2, -0.15) is 31.5 Å². The molecule has 0 radical (unpaired) electrons. The second-order valence-electron chi connectivity index (χ2n) is 42.5. The van der Waals surface area contributed by atoms with Crippen molar-refractivity contribution in [3.8, 4) is 5.82 Å². The van der Waals surface area contributed by atoms with E-state index in [0.29, 0.717) is 56.7 Å². The van der Waals surface area contributed by atoms with Crippen molar-refractivity contribution in [3.05, 3.63) is 156 Å². The van der Waals surface area contributed by atoms with Gasteiger partial charge in [-0.1, -0.05) is 223 Å². The van der Waals surface area contributed by atoms with Crippen molar-refractivity contribution in [2.45, 2.75) is 312 Å². The number of H-pyrrole nitrogens is 1. The fraction of sp³-hybridized carbons (Fsp3) is 0.609. The summed E-state index contributed by atoms with van der Waals surface area (Å²) in [5.74, 6) is 1.00. The Balaban J connectivity index is 0.000000217. The van der Waals surface area contributed by atoms with Crippen LogP contribution in [0.5, 0.6) is 0 Å². The van der Waals surface area contributed by atoms with E-state index in [9.17, 15) is 26.4 Å². The van der Waals surface area contributed by atoms with Crippen LogP contribution < -0.4 is 35.2 Å². The highest BCUT2D eigenvalue weighted by Crippen LogP contribution is 2.41. The molecule has 4 saturated heterocycles. The molecule has 10 heterocycles. The number of pyridine rings is 2. The molecule has 0 saturated carbocycles. The summed E-state index contributed by atoms with van der Waals surface area (Å²) in [5, 5.41) is 24.8. The first-order chi connectivity index (χ1) is 56.4. The van der Waals surface area contributed by atoms with Crippen molar-refractivity contribution >= 4 is 118 Å². The fourth-order valence-corrected chi connectivity index (χ4v) is 27.3. The number of aromatic nitrogens is 10. The molecule has 22 nitrogen and oxygen atoms in total. The fourth-order valence-electron chi connectivity index (χ4n) is 15.3. The standard InChI is InChI=1S/C30H43N5O3SSi.C19H22BrN3O3S.C16H30N2OSi.C11H22N2Si.C8H19ClSi.C8H12N2O/c1-22-20-30(5,6)34(21-22)27-24(28(36)33-39(37,38)23-12-10-9-11-13-23)14-15-25(31-27)35-18-16-26(32-35)40(7,8)19-17-29(2,3)4;1-13-11-19(2,3)23(12-13)17-15(9-10-16(20)21-17)18(24)22-27(25,26)14-7-5-4-6-8-14;1-16(2,3)10-13-20(4,5)15-9-11-17-18(15)14-8-6-7-12-19-14;1-11(2,3)7-9-14(4,5)10-6-8-12-13-10;1-8(2,3)6-7-10(4,5)9;1-2-7-11-8(4-1)10-6-3-5-9-10/h9-16,18,22H,17,19-21H2,1-8H3,(H,33,36);4-10,13H,11-12H2,1-3H3,(H,22,24);9,11,14H,6-8,10,12-13H2,1-5H3;6,8H,7,9H2,1-5H3,(H,12,13);6-7H2,1-5H3;3,5-6,8H,1-2,4,7H2/t22-;13-;;;;/m00..../s1. The molecule has 4 atom stereocenters. The summed E-state index contributed by atoms with van der Waals surface area (Å²) < 4.78 is 73.3. The summed E-state index contributed by atoms with van der Waals surface area (Å²) in [6.45, 7) is 62.4. The number of rotatable bonds is 22. The molecule has 0 aliphatic carbocycles. The molecule has 676 valence electrons. The Hall–Kier alpha value is -6.42. The van der Waals surface area contributed by atoms with Gasteiger partial charge in [0.25, 0.3) is 31.9 Å². The molecular weight excluding hydrogens is 1720 g/mol. The van der Waals surface area contributed by atoms with E-state index >= 15 is 0 Å². The number of ether oxygens (including phenoxy) is 2. The molecule has 2 amide bonds. The highest BCUT2D eigenvalue weighted by atomic mass is 79.9. The zero-order valence-corrected chi connectivity index (χ0v) is 86.5. The van der Waals surface area contributed by atoms with Crippen molar-refractivity contribution in [1.82, 2.24) is 59.0 Å². The largest absolute Gasteiger partial charge is 0.357 e. The molecule has 6 aromatic heterocycles. The third-order valence-corrected chi connectivity index (χ3v) is 37.7. The molecule has 4 aliphatic rings. The van der Waals surface area contributed by atoms with E-state index in [-0.39, 0.29) is 49.9 Å². The number of aromatic amines is 1. The van der Waals surface area contributed by atoms with Crippen LogP contribution >= 0.6 is 27.0 Å². The molecule has 8 aromatic rings. The SMILES string of the molecule is CC(C)(C)CC[Si](C)(C)Cl.CC(C)(C)CC[Si](C)(C)c1ccn[nH]1.CC(C)(C)CC[Si](C)(C)c1ccnn1C1CCCCO1.C[C@@H]1CN(c2nc(-n3ccc([Si](C)(C)CCC(C)(C)C)n3)ccc2C(=O)NS(=O)(=O)c2ccccc2)C(C)(C)C1.C[C@@H]1CN(c2nc(Br)ccc2C(=O)NS(=O)(=O)c2ccccc2)C(C)(C)C1.c1cnn(C2CCCCO2)c1. The predicted molar refractivity (Wildman–Crippen MR) is 517 cm³/mol. The number of hydrogen-bond acceptors (Lipinski definition) is 16. The minimum absolute atomic E-state index is 0.0342. The van der Waals surface area contributed by atoms with Crippen LogP contribution in [0.25, 0.3) is 5.82 Å². The lowest BCUT2D eigenvalue weighted by molar-refractivity contribution is -0.0394. The lowest BCUT2D eigenvalue weighted by atomic mass is 9.94. The number of carbonyl (C=O) groups is 2. The van der Waals surface area contributed by atoms with Crippen molar-refractivity contribution in [2.75, 3.05) is 36.1 Å². The highest BCUT2D eigenvalue weighted by Gasteiger charge is 2.42. The van der Waals surface area contributed by atoms with Crippen molar-refractivity contribution < 1.29 is 35.9 Å². The summed E-state index contributed by atoms with van der Waals surface area (Å²) in [7, 11) is -13.7. The van der Waals surface area contributed by atoms with E-state index < -0.39 is 63.5 Å². The summed E-state index contributed by atoms with van der Waals surface area (Å²) >= 11 is 9.53. The summed E-state index contributed by atoms with van der Waals surface area (Å²) in [6.07, 6.45) is 23.8. The zero-order valence-electron chi connectivity index (χ0n) is 78.5. The Labute approximate surface area is 750 Å². The molecule has 2 unspecified atom stereocenters. The quantitative estimate of drug-likeness (QED) is 0.0324. The van der Waals surface area contributed by atoms with Gasteiger partial charge < -0.3 is 19.3 Å². The Bertz CT molecular complexity index is 4800. The molecule has 3 N–H and O–H groups in total. The van der Waals surface area contributed by atoms with Crippen molar-refractivity contribution in [1.29, 1.82) is 0 Å². The molecule has 122 heavy (non-hydrogen) atoms. The van der Waals surface area contributed by atoms with Crippen LogP contribution in [0.2, 0.25) is 76.6 Å². The van der Waals surface area contributed by atoms with E-state index in [0.717, 1.165) is 63.2 Å². The van der Waals surface area contributed by atoms with Crippen LogP contribution in [0.3, 0.4) is 0 Å². The average molecular weight is 1870 g/mol. The number of sulfonamides is 2. The lowest BCUT2D eigenvalue weighted by Crippen LogP contribution is -2.48. The third-order valence-electron chi connectivity index (χ3n) is 22.9. The maximum absolute atomic E-state index is 13.5. The second kappa shape index (κ2) is 42.9. The Morgan fingerprint density at radius 3 is 1.41 bits per heavy atom. The number of nitrogens with one attached hydrogen (secondary N) is 3. The first-order valence-electron chi connectivity index (χ1n) is 43.9. The van der Waals surface area contributed by atoms with Crippen LogP contribution in [0, 0.1) is 33.5 Å². The molecule has 4 fully saturated rings. The first-order valence-corrected chi connectivity index (χ1v) is 61.5. The normalized spacial score (nSPS) is 18.4. The molecule has 30 heteroatoms. The van der Waals surface area contributed by atoms with Gasteiger partial charge >= 0.3 is 0 Å². The van der Waals surface area contributed by atoms with E-state index in [4.69, 9.17) is 30.6 Å². The minimum Gasteiger partial charge on any atom is -0.357 e. The average Bonchev–Trinajstić information content (AvgIpc) is 1.62. The Morgan fingerprint density at radius 1 is 0.533 bits per heavy atom. The van der Waals surface area contributed by atoms with Gasteiger partial charge in [-0.25, -0.2) is 50.3 Å². The lowest BCUT2D eigenvalue weighted by Gasteiger charge is -2.34. The predicted octanol–water partition coefficient (Wildman–Crippen LogP) is 21.1. The Kier molecular flexibility index (Phi) is 36.1. The van der Waals surface area contributed by atoms with Gasteiger partial charge in [-0.3, -0.25) is 14.7 Å².